The summed E-state index contributed by atoms with van der Waals surface area (Å²) in [6.07, 6.45) is 1.56. The Balaban J connectivity index is 3.02. The molecule has 0 unspecified atom stereocenters. The molecule has 0 saturated heterocycles. The Morgan fingerprint density at radius 3 is 2.79 bits per heavy atom. The minimum atomic E-state index is -0.0293. The number of ketones is 1. The van der Waals surface area contributed by atoms with Crippen molar-refractivity contribution < 1.29 is 9.53 Å². The van der Waals surface area contributed by atoms with Crippen LogP contribution >= 0.6 is 0 Å². The zero-order valence-electron chi connectivity index (χ0n) is 9.07. The summed E-state index contributed by atoms with van der Waals surface area (Å²) < 4.78 is 6.94. The second-order valence-electron chi connectivity index (χ2n) is 3.44. The van der Waals surface area contributed by atoms with Gasteiger partial charge in [-0.3, -0.25) is 4.79 Å². The number of ether oxygens (including phenoxy) is 1. The summed E-state index contributed by atoms with van der Waals surface area (Å²) in [5.74, 6) is 0.603. The molecule has 14 heavy (non-hydrogen) atoms. The third kappa shape index (κ3) is 1.95. The molecule has 0 aliphatic carbocycles. The molecular weight excluding hydrogens is 180 g/mol. The predicted molar refractivity (Wildman–Crippen MR) is 53.5 cm³/mol. The van der Waals surface area contributed by atoms with E-state index in [-0.39, 0.29) is 11.7 Å². The largest absolute Gasteiger partial charge is 0.478 e. The quantitative estimate of drug-likeness (QED) is 0.688. The molecular formula is C10H16N2O2. The van der Waals surface area contributed by atoms with Gasteiger partial charge < -0.3 is 4.74 Å². The molecule has 1 heterocycles. The van der Waals surface area contributed by atoms with Crippen LogP contribution in [0.4, 0.5) is 0 Å². The highest BCUT2D eigenvalue weighted by molar-refractivity contribution is 5.99. The van der Waals surface area contributed by atoms with Gasteiger partial charge in [-0.1, -0.05) is 13.8 Å². The van der Waals surface area contributed by atoms with Crippen LogP contribution in [-0.4, -0.2) is 22.2 Å². The van der Waals surface area contributed by atoms with Crippen LogP contribution in [0.2, 0.25) is 0 Å². The minimum absolute atomic E-state index is 0.0293. The lowest BCUT2D eigenvalue weighted by Gasteiger charge is -2.07. The summed E-state index contributed by atoms with van der Waals surface area (Å²) in [6.45, 7) is 6.16. The maximum Gasteiger partial charge on any atom is 0.222 e. The van der Waals surface area contributed by atoms with Crippen LogP contribution in [0.25, 0.3) is 0 Å². The molecule has 0 amide bonds. The Bertz CT molecular complexity index is 329. The van der Waals surface area contributed by atoms with E-state index in [1.54, 1.807) is 17.9 Å². The van der Waals surface area contributed by atoms with E-state index < -0.39 is 0 Å². The van der Waals surface area contributed by atoms with E-state index in [0.29, 0.717) is 18.1 Å². The third-order valence-electron chi connectivity index (χ3n) is 1.96. The molecule has 0 aromatic carbocycles. The number of carbonyl (C=O) groups is 1. The van der Waals surface area contributed by atoms with E-state index >= 15 is 0 Å². The molecule has 4 nitrogen and oxygen atoms in total. The average Bonchev–Trinajstić information content (AvgIpc) is 2.48. The van der Waals surface area contributed by atoms with E-state index in [2.05, 4.69) is 5.10 Å². The van der Waals surface area contributed by atoms with Gasteiger partial charge in [-0.15, -0.1) is 0 Å². The molecule has 4 heteroatoms. The summed E-state index contributed by atoms with van der Waals surface area (Å²) in [4.78, 5) is 11.7. The van der Waals surface area contributed by atoms with Gasteiger partial charge in [0.25, 0.3) is 0 Å². The topological polar surface area (TPSA) is 44.1 Å². The second-order valence-corrected chi connectivity index (χ2v) is 3.44. The lowest BCUT2D eigenvalue weighted by molar-refractivity contribution is 0.0935. The van der Waals surface area contributed by atoms with Crippen LogP contribution in [0, 0.1) is 5.92 Å². The van der Waals surface area contributed by atoms with Gasteiger partial charge in [0, 0.05) is 13.0 Å². The number of Topliss-reactive ketones (excluding diaryl/α,β-unsaturated/α-hetero) is 1. The van der Waals surface area contributed by atoms with Crippen molar-refractivity contribution in [3.05, 3.63) is 11.8 Å². The van der Waals surface area contributed by atoms with Crippen LogP contribution in [-0.2, 0) is 7.05 Å². The smallest absolute Gasteiger partial charge is 0.222 e. The molecule has 1 aromatic heterocycles. The van der Waals surface area contributed by atoms with Crippen molar-refractivity contribution in [3.63, 3.8) is 0 Å². The Hall–Kier alpha value is -1.32. The summed E-state index contributed by atoms with van der Waals surface area (Å²) in [7, 11) is 1.77. The molecule has 0 N–H and O–H groups in total. The summed E-state index contributed by atoms with van der Waals surface area (Å²) in [5, 5.41) is 4.01. The van der Waals surface area contributed by atoms with Gasteiger partial charge in [-0.2, -0.15) is 5.10 Å². The van der Waals surface area contributed by atoms with E-state index in [0.717, 1.165) is 0 Å². The third-order valence-corrected chi connectivity index (χ3v) is 1.96. The molecule has 0 atom stereocenters. The fourth-order valence-electron chi connectivity index (χ4n) is 1.21. The van der Waals surface area contributed by atoms with Crippen molar-refractivity contribution in [1.82, 2.24) is 9.78 Å². The van der Waals surface area contributed by atoms with Gasteiger partial charge in [-0.25, -0.2) is 4.68 Å². The Morgan fingerprint density at radius 1 is 1.64 bits per heavy atom. The first-order chi connectivity index (χ1) is 6.57. The zero-order chi connectivity index (χ0) is 10.7. The number of carbonyl (C=O) groups excluding carboxylic acids is 1. The van der Waals surface area contributed by atoms with Crippen LogP contribution < -0.4 is 4.74 Å². The number of hydrogen-bond acceptors (Lipinski definition) is 3. The minimum Gasteiger partial charge on any atom is -0.478 e. The summed E-state index contributed by atoms with van der Waals surface area (Å²) in [5.41, 5.74) is 0.573. The van der Waals surface area contributed by atoms with Gasteiger partial charge in [0.2, 0.25) is 5.88 Å². The monoisotopic (exact) mass is 196 g/mol. The van der Waals surface area contributed by atoms with Crippen molar-refractivity contribution in [3.8, 4) is 5.88 Å². The van der Waals surface area contributed by atoms with Crippen molar-refractivity contribution >= 4 is 5.78 Å². The molecule has 0 spiro atoms. The molecule has 1 rings (SSSR count). The lowest BCUT2D eigenvalue weighted by atomic mass is 10.0. The van der Waals surface area contributed by atoms with Crippen LogP contribution in [0.3, 0.4) is 0 Å². The number of aromatic nitrogens is 2. The van der Waals surface area contributed by atoms with E-state index in [1.165, 1.54) is 0 Å². The van der Waals surface area contributed by atoms with Gasteiger partial charge >= 0.3 is 0 Å². The van der Waals surface area contributed by atoms with Crippen molar-refractivity contribution in [2.45, 2.75) is 20.8 Å². The van der Waals surface area contributed by atoms with Gasteiger partial charge in [-0.05, 0) is 6.92 Å². The Labute approximate surface area is 83.9 Å². The number of rotatable bonds is 4. The molecule has 0 aliphatic heterocycles. The maximum atomic E-state index is 11.7. The number of hydrogen-bond donors (Lipinski definition) is 0. The van der Waals surface area contributed by atoms with E-state index in [4.69, 9.17) is 4.74 Å². The molecule has 0 aliphatic rings. The molecule has 0 fully saturated rings. The molecule has 1 aromatic rings. The Kier molecular flexibility index (Phi) is 3.28. The number of nitrogens with zero attached hydrogens (tertiary/aromatic N) is 2. The maximum absolute atomic E-state index is 11.7. The average molecular weight is 196 g/mol. The van der Waals surface area contributed by atoms with Gasteiger partial charge in [0.05, 0.1) is 18.4 Å². The second kappa shape index (κ2) is 4.26. The SMILES string of the molecule is CCOc1c(C(=O)C(C)C)cnn1C. The van der Waals surface area contributed by atoms with Crippen LogP contribution in [0.1, 0.15) is 31.1 Å². The molecule has 0 radical (unpaired) electrons. The highest BCUT2D eigenvalue weighted by Crippen LogP contribution is 2.20. The predicted octanol–water partition coefficient (Wildman–Crippen LogP) is 1.66. The fourth-order valence-corrected chi connectivity index (χ4v) is 1.21. The molecule has 0 saturated carbocycles. The first-order valence-corrected chi connectivity index (χ1v) is 4.77. The van der Waals surface area contributed by atoms with Crippen molar-refractivity contribution in [1.29, 1.82) is 0 Å². The van der Waals surface area contributed by atoms with Gasteiger partial charge in [0.1, 0.15) is 0 Å². The highest BCUT2D eigenvalue weighted by Gasteiger charge is 2.19. The molecule has 0 bridgehead atoms. The van der Waals surface area contributed by atoms with Gasteiger partial charge in [0.15, 0.2) is 5.78 Å². The Morgan fingerprint density at radius 2 is 2.29 bits per heavy atom. The lowest BCUT2D eigenvalue weighted by Crippen LogP contribution is -2.10. The van der Waals surface area contributed by atoms with Crippen LogP contribution in [0.15, 0.2) is 6.20 Å². The first-order valence-electron chi connectivity index (χ1n) is 4.77. The van der Waals surface area contributed by atoms with Crippen molar-refractivity contribution in [2.24, 2.45) is 13.0 Å². The number of aryl methyl sites for hydroxylation is 1. The summed E-state index contributed by atoms with van der Waals surface area (Å²) >= 11 is 0. The first kappa shape index (κ1) is 10.8. The van der Waals surface area contributed by atoms with Crippen LogP contribution in [0.5, 0.6) is 5.88 Å². The zero-order valence-corrected chi connectivity index (χ0v) is 9.07. The molecule has 78 valence electrons. The standard InChI is InChI=1S/C10H16N2O2/c1-5-14-10-8(6-11-12(10)4)9(13)7(2)3/h6-7H,5H2,1-4H3. The highest BCUT2D eigenvalue weighted by atomic mass is 16.5. The summed E-state index contributed by atoms with van der Waals surface area (Å²) in [6, 6.07) is 0. The van der Waals surface area contributed by atoms with E-state index in [1.807, 2.05) is 20.8 Å². The van der Waals surface area contributed by atoms with Crippen molar-refractivity contribution in [2.75, 3.05) is 6.61 Å². The fraction of sp³-hybridized carbons (Fsp3) is 0.600. The normalized spacial score (nSPS) is 10.6. The van der Waals surface area contributed by atoms with E-state index in [9.17, 15) is 4.79 Å².